The van der Waals surface area contributed by atoms with Crippen molar-refractivity contribution in [1.29, 1.82) is 0 Å². The highest BCUT2D eigenvalue weighted by Crippen LogP contribution is 2.50. The van der Waals surface area contributed by atoms with Crippen LogP contribution < -0.4 is 5.32 Å². The van der Waals surface area contributed by atoms with Crippen molar-refractivity contribution < 1.29 is 9.90 Å². The number of rotatable bonds is 0. The monoisotopic (exact) mass is 302 g/mol. The molecular weight excluding hydrogens is 276 g/mol. The van der Waals surface area contributed by atoms with E-state index < -0.39 is 6.09 Å². The summed E-state index contributed by atoms with van der Waals surface area (Å²) in [7, 11) is 0. The molecule has 0 bridgehead atoms. The first-order valence-electron chi connectivity index (χ1n) is 8.15. The highest BCUT2D eigenvalue weighted by Gasteiger charge is 2.48. The Morgan fingerprint density at radius 1 is 1.27 bits per heavy atom. The molecule has 2 heterocycles. The molecule has 1 fully saturated rings. The third kappa shape index (κ3) is 2.39. The molecule has 3 rings (SSSR count). The van der Waals surface area contributed by atoms with E-state index in [2.05, 4.69) is 44.3 Å². The zero-order valence-corrected chi connectivity index (χ0v) is 13.7. The van der Waals surface area contributed by atoms with Crippen molar-refractivity contribution in [2.45, 2.75) is 45.1 Å². The van der Waals surface area contributed by atoms with Crippen LogP contribution in [0, 0.1) is 5.41 Å². The average Bonchev–Trinajstić information content (AvgIpc) is 2.46. The van der Waals surface area contributed by atoms with Crippen LogP contribution >= 0.6 is 0 Å². The molecule has 1 aromatic carbocycles. The summed E-state index contributed by atoms with van der Waals surface area (Å²) in [6.07, 6.45) is 1.21. The Morgan fingerprint density at radius 3 is 2.50 bits per heavy atom. The fourth-order valence-corrected chi connectivity index (χ4v) is 4.33. The van der Waals surface area contributed by atoms with E-state index in [-0.39, 0.29) is 16.9 Å². The van der Waals surface area contributed by atoms with E-state index in [0.29, 0.717) is 6.54 Å². The van der Waals surface area contributed by atoms with Gasteiger partial charge in [-0.1, -0.05) is 45.0 Å². The zero-order valence-electron chi connectivity index (χ0n) is 13.7. The lowest BCUT2D eigenvalue weighted by Crippen LogP contribution is -2.56. The van der Waals surface area contributed by atoms with E-state index in [1.54, 1.807) is 4.90 Å². The SMILES string of the molecule is CC(C)(C)C1c2ccccc2C2(CCNCC2)CN1C(=O)O. The van der Waals surface area contributed by atoms with Crippen LogP contribution in [0.3, 0.4) is 0 Å². The molecule has 1 spiro atoms. The number of amides is 1. The fourth-order valence-electron chi connectivity index (χ4n) is 4.33. The summed E-state index contributed by atoms with van der Waals surface area (Å²) < 4.78 is 0. The van der Waals surface area contributed by atoms with Gasteiger partial charge < -0.3 is 10.4 Å². The van der Waals surface area contributed by atoms with E-state index in [1.165, 1.54) is 11.1 Å². The number of carboxylic acid groups (broad SMARTS) is 1. The van der Waals surface area contributed by atoms with Gasteiger partial charge in [-0.05, 0) is 42.5 Å². The standard InChI is InChI=1S/C18H26N2O2/c1-17(2,3)15-13-6-4-5-7-14(13)18(8-10-19-11-9-18)12-20(15)16(21)22/h4-7,15,19H,8-12H2,1-3H3,(H,21,22). The average molecular weight is 302 g/mol. The summed E-state index contributed by atoms with van der Waals surface area (Å²) in [4.78, 5) is 13.6. The normalized spacial score (nSPS) is 24.1. The van der Waals surface area contributed by atoms with E-state index in [4.69, 9.17) is 0 Å². The lowest BCUT2D eigenvalue weighted by molar-refractivity contribution is 0.0450. The van der Waals surface area contributed by atoms with Gasteiger partial charge in [0.05, 0.1) is 6.04 Å². The van der Waals surface area contributed by atoms with Gasteiger partial charge in [-0.3, -0.25) is 4.90 Å². The summed E-state index contributed by atoms with van der Waals surface area (Å²) in [5.41, 5.74) is 2.42. The van der Waals surface area contributed by atoms with Crippen molar-refractivity contribution in [3.05, 3.63) is 35.4 Å². The van der Waals surface area contributed by atoms with Crippen molar-refractivity contribution in [3.63, 3.8) is 0 Å². The second-order valence-electron chi connectivity index (χ2n) is 7.80. The molecule has 1 amide bonds. The van der Waals surface area contributed by atoms with Gasteiger partial charge in [0.25, 0.3) is 0 Å². The molecule has 4 heteroatoms. The van der Waals surface area contributed by atoms with Crippen molar-refractivity contribution in [3.8, 4) is 0 Å². The molecule has 0 aliphatic carbocycles. The summed E-state index contributed by atoms with van der Waals surface area (Å²) in [5, 5.41) is 13.2. The predicted molar refractivity (Wildman–Crippen MR) is 87.2 cm³/mol. The third-order valence-corrected chi connectivity index (χ3v) is 5.24. The van der Waals surface area contributed by atoms with Crippen LogP contribution in [0.1, 0.15) is 50.8 Å². The van der Waals surface area contributed by atoms with Gasteiger partial charge in [0.2, 0.25) is 0 Å². The van der Waals surface area contributed by atoms with Gasteiger partial charge in [-0.2, -0.15) is 0 Å². The van der Waals surface area contributed by atoms with Crippen LogP contribution in [-0.4, -0.2) is 35.7 Å². The van der Waals surface area contributed by atoms with Gasteiger partial charge in [-0.25, -0.2) is 4.79 Å². The van der Waals surface area contributed by atoms with Crippen molar-refractivity contribution in [2.24, 2.45) is 5.41 Å². The van der Waals surface area contributed by atoms with Crippen LogP contribution in [-0.2, 0) is 5.41 Å². The Labute approximate surface area is 132 Å². The molecule has 1 aromatic rings. The first-order valence-corrected chi connectivity index (χ1v) is 8.15. The molecule has 0 aromatic heterocycles. The molecule has 0 radical (unpaired) electrons. The number of piperidine rings is 1. The zero-order chi connectivity index (χ0) is 16.0. The molecule has 22 heavy (non-hydrogen) atoms. The maximum atomic E-state index is 12.0. The number of fused-ring (bicyclic) bond motifs is 2. The maximum absolute atomic E-state index is 12.0. The number of nitrogens with zero attached hydrogens (tertiary/aromatic N) is 1. The van der Waals surface area contributed by atoms with Crippen LogP contribution in [0.4, 0.5) is 4.79 Å². The Bertz CT molecular complexity index is 571. The van der Waals surface area contributed by atoms with Crippen molar-refractivity contribution >= 4 is 6.09 Å². The third-order valence-electron chi connectivity index (χ3n) is 5.24. The summed E-state index contributed by atoms with van der Waals surface area (Å²) >= 11 is 0. The predicted octanol–water partition coefficient (Wildman–Crippen LogP) is 3.39. The van der Waals surface area contributed by atoms with Gasteiger partial charge in [0.1, 0.15) is 0 Å². The summed E-state index contributed by atoms with van der Waals surface area (Å²) in [5.74, 6) is 0. The van der Waals surface area contributed by atoms with E-state index in [1.807, 2.05) is 6.07 Å². The molecule has 1 unspecified atom stereocenters. The maximum Gasteiger partial charge on any atom is 0.407 e. The van der Waals surface area contributed by atoms with E-state index in [9.17, 15) is 9.90 Å². The van der Waals surface area contributed by atoms with E-state index >= 15 is 0 Å². The van der Waals surface area contributed by atoms with Crippen LogP contribution in [0.5, 0.6) is 0 Å². The molecule has 120 valence electrons. The van der Waals surface area contributed by atoms with Gasteiger partial charge in [0, 0.05) is 12.0 Å². The minimum atomic E-state index is -0.799. The van der Waals surface area contributed by atoms with Gasteiger partial charge >= 0.3 is 6.09 Å². The number of carbonyl (C=O) groups is 1. The smallest absolute Gasteiger partial charge is 0.407 e. The lowest BCUT2D eigenvalue weighted by atomic mass is 9.64. The minimum Gasteiger partial charge on any atom is -0.465 e. The van der Waals surface area contributed by atoms with Crippen molar-refractivity contribution in [2.75, 3.05) is 19.6 Å². The second kappa shape index (κ2) is 5.27. The quantitative estimate of drug-likeness (QED) is 0.772. The first-order chi connectivity index (χ1) is 10.4. The molecule has 1 saturated heterocycles. The van der Waals surface area contributed by atoms with E-state index in [0.717, 1.165) is 25.9 Å². The summed E-state index contributed by atoms with van der Waals surface area (Å²) in [6.45, 7) is 8.92. The van der Waals surface area contributed by atoms with Crippen LogP contribution in [0.15, 0.2) is 24.3 Å². The topological polar surface area (TPSA) is 52.6 Å². The largest absolute Gasteiger partial charge is 0.465 e. The molecule has 4 nitrogen and oxygen atoms in total. The molecule has 2 N–H and O–H groups in total. The summed E-state index contributed by atoms with van der Waals surface area (Å²) in [6, 6.07) is 8.40. The molecular formula is C18H26N2O2. The Kier molecular flexibility index (Phi) is 3.68. The number of nitrogens with one attached hydrogen (secondary N) is 1. The fraction of sp³-hybridized carbons (Fsp3) is 0.611. The molecule has 0 saturated carbocycles. The van der Waals surface area contributed by atoms with Crippen LogP contribution in [0.2, 0.25) is 0 Å². The number of hydrogen-bond donors (Lipinski definition) is 2. The van der Waals surface area contributed by atoms with Crippen molar-refractivity contribution in [1.82, 2.24) is 10.2 Å². The highest BCUT2D eigenvalue weighted by molar-refractivity contribution is 5.67. The van der Waals surface area contributed by atoms with Gasteiger partial charge in [0.15, 0.2) is 0 Å². The Morgan fingerprint density at radius 2 is 1.91 bits per heavy atom. The Balaban J connectivity index is 2.16. The number of benzene rings is 1. The highest BCUT2D eigenvalue weighted by atomic mass is 16.4. The number of hydrogen-bond acceptors (Lipinski definition) is 2. The van der Waals surface area contributed by atoms with Crippen LogP contribution in [0.25, 0.3) is 0 Å². The Hall–Kier alpha value is -1.55. The molecule has 2 aliphatic rings. The molecule has 1 atom stereocenters. The first kappa shape index (κ1) is 15.3. The minimum absolute atomic E-state index is 0.0258. The van der Waals surface area contributed by atoms with Gasteiger partial charge in [-0.15, -0.1) is 0 Å². The molecule has 2 aliphatic heterocycles. The second-order valence-corrected chi connectivity index (χ2v) is 7.80. The lowest BCUT2D eigenvalue weighted by Gasteiger charge is -2.52.